The molecule has 0 aliphatic carbocycles. The second-order valence-electron chi connectivity index (χ2n) is 4.13. The maximum Gasteiger partial charge on any atom is 0.240 e. The van der Waals surface area contributed by atoms with Gasteiger partial charge >= 0.3 is 0 Å². The van der Waals surface area contributed by atoms with Gasteiger partial charge in [-0.2, -0.15) is 0 Å². The summed E-state index contributed by atoms with van der Waals surface area (Å²) in [7, 11) is -1.90. The first kappa shape index (κ1) is 16.8. The highest BCUT2D eigenvalue weighted by Gasteiger charge is 2.13. The molecule has 1 aromatic rings. The van der Waals surface area contributed by atoms with Crippen LogP contribution in [0.5, 0.6) is 0 Å². The van der Waals surface area contributed by atoms with Crippen molar-refractivity contribution < 1.29 is 17.9 Å². The molecule has 0 aromatic carbocycles. The molecule has 0 bridgehead atoms. The molecule has 0 amide bonds. The van der Waals surface area contributed by atoms with E-state index in [9.17, 15) is 8.42 Å². The average Bonchev–Trinajstić information content (AvgIpc) is 2.42. The third-order valence-corrected chi connectivity index (χ3v) is 3.96. The second-order valence-corrected chi connectivity index (χ2v) is 5.89. The first-order valence-electron chi connectivity index (χ1n) is 6.34. The Hall–Kier alpha value is -1.22. The van der Waals surface area contributed by atoms with Gasteiger partial charge in [-0.3, -0.25) is 0 Å². The van der Waals surface area contributed by atoms with Gasteiger partial charge in [-0.05, 0) is 18.9 Å². The van der Waals surface area contributed by atoms with Crippen molar-refractivity contribution in [3.8, 4) is 0 Å². The van der Waals surface area contributed by atoms with Crippen LogP contribution in [-0.4, -0.2) is 46.9 Å². The van der Waals surface area contributed by atoms with E-state index in [0.717, 1.165) is 6.42 Å². The number of ether oxygens (including phenoxy) is 2. The molecule has 0 atom stereocenters. The van der Waals surface area contributed by atoms with E-state index in [-0.39, 0.29) is 10.7 Å². The van der Waals surface area contributed by atoms with Crippen molar-refractivity contribution >= 4 is 15.8 Å². The molecule has 0 spiro atoms. The predicted octanol–water partition coefficient (Wildman–Crippen LogP) is 0.385. The Morgan fingerprint density at radius 3 is 2.80 bits per heavy atom. The van der Waals surface area contributed by atoms with Gasteiger partial charge in [0, 0.05) is 32.5 Å². The molecule has 8 heteroatoms. The summed E-state index contributed by atoms with van der Waals surface area (Å²) in [5.41, 5.74) is 5.46. The van der Waals surface area contributed by atoms with Crippen LogP contribution in [0.15, 0.2) is 23.2 Å². The number of hydrogen-bond donors (Lipinski definition) is 2. The number of hydrogen-bond acceptors (Lipinski definition) is 6. The highest BCUT2D eigenvalue weighted by Crippen LogP contribution is 2.09. The highest BCUT2D eigenvalue weighted by molar-refractivity contribution is 7.89. The van der Waals surface area contributed by atoms with E-state index in [2.05, 4.69) is 9.71 Å². The lowest BCUT2D eigenvalue weighted by molar-refractivity contribution is 0.0689. The third kappa shape index (κ3) is 6.29. The Bertz CT molecular complexity index is 493. The summed E-state index contributed by atoms with van der Waals surface area (Å²) in [6, 6.07) is 2.74. The standard InChI is InChI=1S/C12H21N3O4S/c1-18-8-9-19-7-3-2-5-15-20(16,17)11-4-6-14-12(13)10-11/h4,6,10,15H,2-3,5,7-9H2,1H3,(H2,13,14). The summed E-state index contributed by atoms with van der Waals surface area (Å²) in [4.78, 5) is 3.88. The van der Waals surface area contributed by atoms with Crippen molar-refractivity contribution in [3.63, 3.8) is 0 Å². The first-order chi connectivity index (χ1) is 9.56. The number of rotatable bonds is 10. The molecule has 0 saturated carbocycles. The summed E-state index contributed by atoms with van der Waals surface area (Å²) in [5, 5.41) is 0. The highest BCUT2D eigenvalue weighted by atomic mass is 32.2. The van der Waals surface area contributed by atoms with E-state index >= 15 is 0 Å². The molecule has 0 fully saturated rings. The predicted molar refractivity (Wildman–Crippen MR) is 75.8 cm³/mol. The van der Waals surface area contributed by atoms with Gasteiger partial charge in [0.2, 0.25) is 10.0 Å². The van der Waals surface area contributed by atoms with Crippen molar-refractivity contribution in [3.05, 3.63) is 18.3 Å². The lowest BCUT2D eigenvalue weighted by Gasteiger charge is -2.07. The number of aromatic nitrogens is 1. The topological polar surface area (TPSA) is 104 Å². The molecular formula is C12H21N3O4S. The van der Waals surface area contributed by atoms with Gasteiger partial charge in [-0.25, -0.2) is 18.1 Å². The summed E-state index contributed by atoms with van der Waals surface area (Å²) in [6.45, 7) is 2.07. The Balaban J connectivity index is 2.24. The van der Waals surface area contributed by atoms with E-state index in [0.29, 0.717) is 32.8 Å². The SMILES string of the molecule is COCCOCCCCNS(=O)(=O)c1ccnc(N)c1. The largest absolute Gasteiger partial charge is 0.384 e. The molecule has 20 heavy (non-hydrogen) atoms. The van der Waals surface area contributed by atoms with Crippen LogP contribution in [0.1, 0.15) is 12.8 Å². The third-order valence-electron chi connectivity index (χ3n) is 2.50. The number of nitrogens with zero attached hydrogens (tertiary/aromatic N) is 1. The maximum atomic E-state index is 11.9. The molecule has 0 unspecified atom stereocenters. The fraction of sp³-hybridized carbons (Fsp3) is 0.583. The zero-order valence-electron chi connectivity index (χ0n) is 11.5. The van der Waals surface area contributed by atoms with Gasteiger partial charge in [0.05, 0.1) is 18.1 Å². The number of pyridine rings is 1. The van der Waals surface area contributed by atoms with Gasteiger partial charge in [0.1, 0.15) is 5.82 Å². The van der Waals surface area contributed by atoms with Gasteiger partial charge in [-0.15, -0.1) is 0 Å². The van der Waals surface area contributed by atoms with Crippen LogP contribution in [0.3, 0.4) is 0 Å². The molecule has 3 N–H and O–H groups in total. The average molecular weight is 303 g/mol. The molecule has 0 radical (unpaired) electrons. The Labute approximate surface area is 119 Å². The van der Waals surface area contributed by atoms with Crippen LogP contribution in [0.25, 0.3) is 0 Å². The number of unbranched alkanes of at least 4 members (excludes halogenated alkanes) is 1. The lowest BCUT2D eigenvalue weighted by atomic mass is 10.3. The van der Waals surface area contributed by atoms with Gasteiger partial charge in [-0.1, -0.05) is 0 Å². The summed E-state index contributed by atoms with van der Waals surface area (Å²) < 4.78 is 36.5. The van der Waals surface area contributed by atoms with Crippen molar-refractivity contribution in [1.82, 2.24) is 9.71 Å². The molecule has 0 aliphatic heterocycles. The first-order valence-corrected chi connectivity index (χ1v) is 7.82. The monoisotopic (exact) mass is 303 g/mol. The normalized spacial score (nSPS) is 11.7. The van der Waals surface area contributed by atoms with E-state index in [1.807, 2.05) is 0 Å². The molecular weight excluding hydrogens is 282 g/mol. The fourth-order valence-electron chi connectivity index (χ4n) is 1.46. The number of nitrogens with one attached hydrogen (secondary N) is 1. The smallest absolute Gasteiger partial charge is 0.240 e. The molecule has 114 valence electrons. The Morgan fingerprint density at radius 2 is 2.10 bits per heavy atom. The lowest BCUT2D eigenvalue weighted by Crippen LogP contribution is -2.25. The quantitative estimate of drug-likeness (QED) is 0.606. The van der Waals surface area contributed by atoms with Crippen LogP contribution < -0.4 is 10.5 Å². The van der Waals surface area contributed by atoms with Crippen LogP contribution in [0.2, 0.25) is 0 Å². The number of sulfonamides is 1. The van der Waals surface area contributed by atoms with Crippen molar-refractivity contribution in [2.24, 2.45) is 0 Å². The van der Waals surface area contributed by atoms with Crippen molar-refractivity contribution in [2.45, 2.75) is 17.7 Å². The van der Waals surface area contributed by atoms with E-state index < -0.39 is 10.0 Å². The Kier molecular flexibility index (Phi) is 7.45. The van der Waals surface area contributed by atoms with Gasteiger partial charge in [0.25, 0.3) is 0 Å². The minimum absolute atomic E-state index is 0.126. The van der Waals surface area contributed by atoms with Gasteiger partial charge < -0.3 is 15.2 Å². The number of nitrogens with two attached hydrogens (primary N) is 1. The summed E-state index contributed by atoms with van der Waals surface area (Å²) in [5.74, 6) is 0.180. The van der Waals surface area contributed by atoms with Crippen LogP contribution >= 0.6 is 0 Å². The van der Waals surface area contributed by atoms with Crippen LogP contribution in [-0.2, 0) is 19.5 Å². The second kappa shape index (κ2) is 8.85. The fourth-order valence-corrected chi connectivity index (χ4v) is 2.55. The van der Waals surface area contributed by atoms with Crippen LogP contribution in [0.4, 0.5) is 5.82 Å². The number of anilines is 1. The van der Waals surface area contributed by atoms with Crippen molar-refractivity contribution in [2.75, 3.05) is 39.2 Å². The minimum Gasteiger partial charge on any atom is -0.384 e. The zero-order valence-corrected chi connectivity index (χ0v) is 12.4. The number of nitrogen functional groups attached to an aromatic ring is 1. The van der Waals surface area contributed by atoms with Crippen molar-refractivity contribution in [1.29, 1.82) is 0 Å². The Morgan fingerprint density at radius 1 is 1.30 bits per heavy atom. The maximum absolute atomic E-state index is 11.9. The molecule has 1 aromatic heterocycles. The molecule has 0 saturated heterocycles. The summed E-state index contributed by atoms with van der Waals surface area (Å²) >= 11 is 0. The molecule has 1 rings (SSSR count). The van der Waals surface area contributed by atoms with Crippen LogP contribution in [0, 0.1) is 0 Å². The van der Waals surface area contributed by atoms with E-state index in [1.165, 1.54) is 18.3 Å². The summed E-state index contributed by atoms with van der Waals surface area (Å²) in [6.07, 6.45) is 2.85. The van der Waals surface area contributed by atoms with Gasteiger partial charge in [0.15, 0.2) is 0 Å². The molecule has 7 nitrogen and oxygen atoms in total. The number of methoxy groups -OCH3 is 1. The minimum atomic E-state index is -3.51. The van der Waals surface area contributed by atoms with E-state index in [4.69, 9.17) is 15.2 Å². The van der Waals surface area contributed by atoms with E-state index in [1.54, 1.807) is 7.11 Å². The molecule has 0 aliphatic rings. The zero-order chi connectivity index (χ0) is 14.8. The molecule has 1 heterocycles.